The van der Waals surface area contributed by atoms with Gasteiger partial charge in [-0.1, -0.05) is 11.8 Å². The number of fused-ring (bicyclic) bond motifs is 2. The molecule has 0 aliphatic carbocycles. The van der Waals surface area contributed by atoms with Crippen LogP contribution in [0.1, 0.15) is 0 Å². The third-order valence-corrected chi connectivity index (χ3v) is 6.06. The van der Waals surface area contributed by atoms with E-state index in [1.54, 1.807) is 25.3 Å². The molecule has 138 valence electrons. The fourth-order valence-corrected chi connectivity index (χ4v) is 4.34. The molecule has 1 N–H and O–H groups in total. The highest BCUT2D eigenvalue weighted by Crippen LogP contribution is 2.56. The van der Waals surface area contributed by atoms with Crippen molar-refractivity contribution < 1.29 is 24.1 Å². The van der Waals surface area contributed by atoms with Crippen molar-refractivity contribution in [1.82, 2.24) is 0 Å². The summed E-state index contributed by atoms with van der Waals surface area (Å²) >= 11 is 10.4. The van der Waals surface area contributed by atoms with Crippen molar-refractivity contribution in [2.24, 2.45) is 0 Å². The number of amides is 1. The van der Waals surface area contributed by atoms with Crippen LogP contribution in [0.4, 0.5) is 16.2 Å². The zero-order valence-corrected chi connectivity index (χ0v) is 17.1. The molecule has 2 aromatic carbocycles. The number of alkyl halides is 1. The minimum Gasteiger partial charge on any atom is -0.503 e. The number of ether oxygens (including phenoxy) is 3. The van der Waals surface area contributed by atoms with E-state index < -0.39 is 6.09 Å². The van der Waals surface area contributed by atoms with Crippen molar-refractivity contribution in [2.45, 2.75) is 9.79 Å². The average molecular weight is 461 g/mol. The molecule has 2 aromatic rings. The molecule has 0 spiro atoms. The summed E-state index contributed by atoms with van der Waals surface area (Å²) in [4.78, 5) is 15.6. The molecule has 0 radical (unpaired) electrons. The third kappa shape index (κ3) is 3.28. The number of anilines is 2. The Morgan fingerprint density at radius 1 is 1.27 bits per heavy atom. The number of hydrogen-bond acceptors (Lipinski definition) is 6. The number of carbonyl (C=O) groups excluding carboxylic acids is 1. The van der Waals surface area contributed by atoms with Gasteiger partial charge in [0, 0.05) is 11.0 Å². The van der Waals surface area contributed by atoms with Crippen molar-refractivity contribution in [3.63, 3.8) is 0 Å². The van der Waals surface area contributed by atoms with Crippen LogP contribution in [0.15, 0.2) is 38.5 Å². The van der Waals surface area contributed by atoms with Gasteiger partial charge in [0.2, 0.25) is 0 Å². The summed E-state index contributed by atoms with van der Waals surface area (Å²) in [6.07, 6.45) is -0.571. The van der Waals surface area contributed by atoms with E-state index >= 15 is 0 Å². The zero-order chi connectivity index (χ0) is 18.8. The molecular weight excluding hydrogens is 446 g/mol. The second kappa shape index (κ2) is 7.85. The summed E-state index contributed by atoms with van der Waals surface area (Å²) < 4.78 is 16.2. The molecule has 9 heteroatoms. The predicted molar refractivity (Wildman–Crippen MR) is 104 cm³/mol. The number of methoxy groups -OCH3 is 2. The molecule has 26 heavy (non-hydrogen) atoms. The molecule has 3 rings (SSSR count). The largest absolute Gasteiger partial charge is 0.503 e. The van der Waals surface area contributed by atoms with Crippen molar-refractivity contribution in [2.75, 3.05) is 31.6 Å². The molecule has 0 saturated heterocycles. The Morgan fingerprint density at radius 3 is 2.69 bits per heavy atom. The molecule has 0 bridgehead atoms. The molecule has 1 amide bonds. The molecule has 1 aliphatic heterocycles. The number of hydrogen-bond donors (Lipinski definition) is 1. The second-order valence-corrected chi connectivity index (χ2v) is 7.39. The Morgan fingerprint density at radius 2 is 2.04 bits per heavy atom. The predicted octanol–water partition coefficient (Wildman–Crippen LogP) is 5.15. The summed E-state index contributed by atoms with van der Waals surface area (Å²) in [6, 6.07) is 6.95. The second-order valence-electron chi connectivity index (χ2n) is 5.16. The van der Waals surface area contributed by atoms with Crippen LogP contribution in [-0.2, 0) is 4.74 Å². The minimum absolute atomic E-state index is 0.0424. The highest BCUT2D eigenvalue weighted by atomic mass is 79.9. The Hall–Kier alpha value is -1.77. The van der Waals surface area contributed by atoms with Gasteiger partial charge in [0.1, 0.15) is 12.4 Å². The van der Waals surface area contributed by atoms with Crippen molar-refractivity contribution in [3.05, 3.63) is 28.7 Å². The van der Waals surface area contributed by atoms with Gasteiger partial charge in [0.25, 0.3) is 0 Å². The normalized spacial score (nSPS) is 12.2. The summed E-state index contributed by atoms with van der Waals surface area (Å²) in [5.74, 6) is 1.05. The molecule has 0 saturated carbocycles. The number of rotatable bonds is 4. The molecule has 0 atom stereocenters. The van der Waals surface area contributed by atoms with E-state index in [1.807, 2.05) is 6.07 Å². The number of phenolic OH excluding ortho intramolecular Hbond substituents is 1. The van der Waals surface area contributed by atoms with Crippen LogP contribution in [0.5, 0.6) is 17.2 Å². The lowest BCUT2D eigenvalue weighted by Gasteiger charge is -2.31. The number of nitrogens with zero attached hydrogens (tertiary/aromatic N) is 1. The van der Waals surface area contributed by atoms with Crippen LogP contribution in [0, 0.1) is 0 Å². The third-order valence-electron chi connectivity index (χ3n) is 3.71. The van der Waals surface area contributed by atoms with Crippen molar-refractivity contribution in [3.8, 4) is 17.2 Å². The standard InChI is InChI=1S/C17H15BrClNO5S/c1-23-9-3-4-10-13(7-9)26-16-11(20(10)17(22)25-6-5-19)8-12(24-2)15(21)14(16)18/h3-4,7-8,21H,5-6H2,1-2H3. The lowest BCUT2D eigenvalue weighted by molar-refractivity contribution is 0.163. The molecule has 0 fully saturated rings. The van der Waals surface area contributed by atoms with E-state index in [0.29, 0.717) is 26.5 Å². The van der Waals surface area contributed by atoms with Gasteiger partial charge in [-0.05, 0) is 34.1 Å². The maximum atomic E-state index is 12.7. The summed E-state index contributed by atoms with van der Waals surface area (Å²) in [5, 5.41) is 10.3. The van der Waals surface area contributed by atoms with E-state index in [0.717, 1.165) is 4.90 Å². The monoisotopic (exact) mass is 459 g/mol. The van der Waals surface area contributed by atoms with Crippen LogP contribution in [0.2, 0.25) is 0 Å². The first kappa shape index (κ1) is 19.0. The molecule has 1 aliphatic rings. The van der Waals surface area contributed by atoms with E-state index in [-0.39, 0.29) is 24.0 Å². The maximum absolute atomic E-state index is 12.7. The number of aromatic hydroxyl groups is 1. The van der Waals surface area contributed by atoms with E-state index in [9.17, 15) is 9.90 Å². The van der Waals surface area contributed by atoms with Gasteiger partial charge in [-0.2, -0.15) is 0 Å². The number of phenols is 1. The molecule has 1 heterocycles. The number of carbonyl (C=O) groups is 1. The highest BCUT2D eigenvalue weighted by molar-refractivity contribution is 9.10. The molecule has 6 nitrogen and oxygen atoms in total. The Balaban J connectivity index is 2.19. The molecular formula is C17H15BrClNO5S. The van der Waals surface area contributed by atoms with Crippen LogP contribution in [0.3, 0.4) is 0 Å². The van der Waals surface area contributed by atoms with Crippen molar-refractivity contribution in [1.29, 1.82) is 0 Å². The van der Waals surface area contributed by atoms with Crippen LogP contribution < -0.4 is 14.4 Å². The summed E-state index contributed by atoms with van der Waals surface area (Å²) in [5.41, 5.74) is 1.18. The van der Waals surface area contributed by atoms with E-state index in [2.05, 4.69) is 15.9 Å². The van der Waals surface area contributed by atoms with E-state index in [1.165, 1.54) is 23.8 Å². The van der Waals surface area contributed by atoms with Gasteiger partial charge < -0.3 is 19.3 Å². The molecule has 0 aromatic heterocycles. The summed E-state index contributed by atoms with van der Waals surface area (Å²) in [6.45, 7) is 0.0846. The fraction of sp³-hybridized carbons (Fsp3) is 0.235. The zero-order valence-electron chi connectivity index (χ0n) is 13.9. The van der Waals surface area contributed by atoms with Crippen LogP contribution >= 0.6 is 39.3 Å². The average Bonchev–Trinajstić information content (AvgIpc) is 2.66. The first-order valence-electron chi connectivity index (χ1n) is 7.50. The van der Waals surface area contributed by atoms with Gasteiger partial charge in [0.05, 0.1) is 40.8 Å². The Kier molecular flexibility index (Phi) is 5.74. The van der Waals surface area contributed by atoms with Crippen LogP contribution in [-0.4, -0.2) is 37.9 Å². The number of benzene rings is 2. The first-order chi connectivity index (χ1) is 12.5. The minimum atomic E-state index is -0.571. The Bertz CT molecular complexity index is 864. The van der Waals surface area contributed by atoms with Gasteiger partial charge >= 0.3 is 6.09 Å². The van der Waals surface area contributed by atoms with Gasteiger partial charge in [-0.3, -0.25) is 0 Å². The fourth-order valence-electron chi connectivity index (χ4n) is 2.52. The SMILES string of the molecule is COc1ccc2c(c1)Sc1c(cc(OC)c(O)c1Br)N2C(=O)OCCCl. The van der Waals surface area contributed by atoms with Crippen molar-refractivity contribution >= 4 is 56.8 Å². The number of halogens is 2. The van der Waals surface area contributed by atoms with Gasteiger partial charge in [0.15, 0.2) is 11.5 Å². The van der Waals surface area contributed by atoms with Gasteiger partial charge in [-0.25, -0.2) is 9.69 Å². The maximum Gasteiger partial charge on any atom is 0.419 e. The smallest absolute Gasteiger partial charge is 0.419 e. The lowest BCUT2D eigenvalue weighted by atomic mass is 10.2. The van der Waals surface area contributed by atoms with Gasteiger partial charge in [-0.15, -0.1) is 11.6 Å². The van der Waals surface area contributed by atoms with E-state index in [4.69, 9.17) is 25.8 Å². The molecule has 0 unspecified atom stereocenters. The topological polar surface area (TPSA) is 68.2 Å². The Labute approximate surface area is 168 Å². The summed E-state index contributed by atoms with van der Waals surface area (Å²) in [7, 11) is 3.01. The highest BCUT2D eigenvalue weighted by Gasteiger charge is 2.33. The van der Waals surface area contributed by atoms with Crippen LogP contribution in [0.25, 0.3) is 0 Å². The first-order valence-corrected chi connectivity index (χ1v) is 9.64. The quantitative estimate of drug-likeness (QED) is 0.637. The lowest BCUT2D eigenvalue weighted by Crippen LogP contribution is -2.29.